The second kappa shape index (κ2) is 15.0. The predicted octanol–water partition coefficient (Wildman–Crippen LogP) is 2.00. The summed E-state index contributed by atoms with van der Waals surface area (Å²) >= 11 is 0. The Morgan fingerprint density at radius 2 is 1.54 bits per heavy atom. The van der Waals surface area contributed by atoms with Gasteiger partial charge in [-0.15, -0.1) is 0 Å². The molecule has 0 bridgehead atoms. The van der Waals surface area contributed by atoms with E-state index >= 15 is 0 Å². The zero-order valence-corrected chi connectivity index (χ0v) is 23.5. The van der Waals surface area contributed by atoms with Gasteiger partial charge in [0.1, 0.15) is 12.6 Å². The lowest BCUT2D eigenvalue weighted by atomic mass is 10.0. The molecule has 2 amide bonds. The molecule has 1 saturated heterocycles. The zero-order chi connectivity index (χ0) is 28.3. The predicted molar refractivity (Wildman–Crippen MR) is 149 cm³/mol. The van der Waals surface area contributed by atoms with Crippen molar-refractivity contribution < 1.29 is 27.5 Å². The van der Waals surface area contributed by atoms with Gasteiger partial charge in [0.25, 0.3) is 0 Å². The zero-order valence-electron chi connectivity index (χ0n) is 22.7. The van der Waals surface area contributed by atoms with Gasteiger partial charge in [0, 0.05) is 32.2 Å². The molecule has 2 aromatic carbocycles. The summed E-state index contributed by atoms with van der Waals surface area (Å²) in [6.07, 6.45) is -0.0174. The first-order valence-corrected chi connectivity index (χ1v) is 14.9. The summed E-state index contributed by atoms with van der Waals surface area (Å²) in [4.78, 5) is 27.1. The van der Waals surface area contributed by atoms with Crippen molar-refractivity contribution >= 4 is 22.0 Å². The third kappa shape index (κ3) is 9.92. The van der Waals surface area contributed by atoms with Gasteiger partial charge < -0.3 is 25.4 Å². The molecule has 1 aliphatic heterocycles. The van der Waals surface area contributed by atoms with Crippen LogP contribution in [0.25, 0.3) is 0 Å². The lowest BCUT2D eigenvalue weighted by molar-refractivity contribution is -0.135. The molecule has 1 heterocycles. The second-order valence-corrected chi connectivity index (χ2v) is 12.1. The van der Waals surface area contributed by atoms with Crippen LogP contribution in [0.4, 0.5) is 4.79 Å². The minimum atomic E-state index is -3.54. The molecule has 214 valence electrons. The van der Waals surface area contributed by atoms with E-state index in [-0.39, 0.29) is 69.6 Å². The number of nitrogens with one attached hydrogen (secondary N) is 1. The molecule has 0 aliphatic carbocycles. The number of ether oxygens (including phenoxy) is 2. The number of alkyl carbamates (subject to hydrolysis) is 1. The Bertz CT molecular complexity index is 1140. The van der Waals surface area contributed by atoms with Crippen LogP contribution in [-0.4, -0.2) is 86.9 Å². The van der Waals surface area contributed by atoms with Crippen molar-refractivity contribution in [2.45, 2.75) is 39.0 Å². The van der Waals surface area contributed by atoms with Crippen LogP contribution in [0.3, 0.4) is 0 Å². The maximum atomic E-state index is 13.2. The molecule has 0 spiro atoms. The smallest absolute Gasteiger partial charge is 0.408 e. The second-order valence-electron chi connectivity index (χ2n) is 9.99. The van der Waals surface area contributed by atoms with Crippen molar-refractivity contribution in [1.29, 1.82) is 0 Å². The number of rotatable bonds is 13. The molecular formula is C28H40N4O6S. The van der Waals surface area contributed by atoms with E-state index in [9.17, 15) is 18.0 Å². The number of carbonyl (C=O) groups excluding carboxylic acids is 2. The monoisotopic (exact) mass is 560 g/mol. The van der Waals surface area contributed by atoms with Gasteiger partial charge >= 0.3 is 6.09 Å². The first kappa shape index (κ1) is 30.6. The molecule has 11 heteroatoms. The van der Waals surface area contributed by atoms with E-state index < -0.39 is 22.2 Å². The van der Waals surface area contributed by atoms with Gasteiger partial charge in [-0.1, -0.05) is 74.5 Å². The lowest BCUT2D eigenvalue weighted by Crippen LogP contribution is -2.57. The topological polar surface area (TPSA) is 131 Å². The molecule has 2 aromatic rings. The Morgan fingerprint density at radius 3 is 2.13 bits per heavy atom. The van der Waals surface area contributed by atoms with Gasteiger partial charge in [-0.25, -0.2) is 13.2 Å². The standard InChI is InChI=1S/C28H40N4O6S/c1-22(2)26(30-28(34)38-20-24-11-7-4-8-12-24)27(33)31-13-15-32(16-14-31)39(35,36)18-17-37-21-25(29)19-23-9-5-3-6-10-23/h3-12,22,25-26H,13-21,29H2,1-2H3,(H,30,34)/t25-,26-/m0/s1. The van der Waals surface area contributed by atoms with Crippen LogP contribution < -0.4 is 11.1 Å². The summed E-state index contributed by atoms with van der Waals surface area (Å²) < 4.78 is 37.8. The molecule has 10 nitrogen and oxygen atoms in total. The van der Waals surface area contributed by atoms with Crippen LogP contribution in [0, 0.1) is 5.92 Å². The SMILES string of the molecule is CC(C)[C@H](NC(=O)OCc1ccccc1)C(=O)N1CCN(S(=O)(=O)CCOC[C@@H](N)Cc2ccccc2)CC1. The maximum absolute atomic E-state index is 13.2. The highest BCUT2D eigenvalue weighted by atomic mass is 32.2. The van der Waals surface area contributed by atoms with Crippen LogP contribution in [0.2, 0.25) is 0 Å². The van der Waals surface area contributed by atoms with E-state index in [2.05, 4.69) is 5.32 Å². The quantitative estimate of drug-likeness (QED) is 0.358. The van der Waals surface area contributed by atoms with Crippen LogP contribution in [0.5, 0.6) is 0 Å². The van der Waals surface area contributed by atoms with Crippen molar-refractivity contribution in [2.75, 3.05) is 45.1 Å². The third-order valence-electron chi connectivity index (χ3n) is 6.52. The van der Waals surface area contributed by atoms with E-state index in [1.807, 2.05) is 74.5 Å². The van der Waals surface area contributed by atoms with Crippen LogP contribution >= 0.6 is 0 Å². The summed E-state index contributed by atoms with van der Waals surface area (Å²) in [6.45, 7) is 4.95. The average molecular weight is 561 g/mol. The highest BCUT2D eigenvalue weighted by Crippen LogP contribution is 2.13. The molecule has 1 fully saturated rings. The lowest BCUT2D eigenvalue weighted by Gasteiger charge is -2.36. The number of amides is 2. The van der Waals surface area contributed by atoms with Crippen molar-refractivity contribution in [2.24, 2.45) is 11.7 Å². The normalized spacial score (nSPS) is 16.1. The molecule has 3 N–H and O–H groups in total. The average Bonchev–Trinajstić information content (AvgIpc) is 2.93. The number of nitrogens with zero attached hydrogens (tertiary/aromatic N) is 2. The Morgan fingerprint density at radius 1 is 0.949 bits per heavy atom. The van der Waals surface area contributed by atoms with Crippen molar-refractivity contribution in [1.82, 2.24) is 14.5 Å². The maximum Gasteiger partial charge on any atom is 0.408 e. The first-order chi connectivity index (χ1) is 18.7. The minimum absolute atomic E-state index is 0.0500. The molecule has 0 saturated carbocycles. The Hall–Kier alpha value is -2.99. The number of hydrogen-bond donors (Lipinski definition) is 2. The molecule has 2 atom stereocenters. The number of carbonyl (C=O) groups is 2. The third-order valence-corrected chi connectivity index (χ3v) is 8.36. The van der Waals surface area contributed by atoms with Crippen LogP contribution in [0.15, 0.2) is 60.7 Å². The first-order valence-electron chi connectivity index (χ1n) is 13.3. The number of piperazine rings is 1. The van der Waals surface area contributed by atoms with E-state index in [0.29, 0.717) is 6.42 Å². The highest BCUT2D eigenvalue weighted by Gasteiger charge is 2.33. The molecule has 0 aromatic heterocycles. The fourth-order valence-electron chi connectivity index (χ4n) is 4.29. The van der Waals surface area contributed by atoms with Gasteiger partial charge in [-0.3, -0.25) is 4.79 Å². The number of nitrogens with two attached hydrogens (primary N) is 1. The van der Waals surface area contributed by atoms with Crippen LogP contribution in [-0.2, 0) is 37.3 Å². The summed E-state index contributed by atoms with van der Waals surface area (Å²) in [5.74, 6) is -0.578. The van der Waals surface area contributed by atoms with E-state index in [4.69, 9.17) is 15.2 Å². The molecular weight excluding hydrogens is 520 g/mol. The molecule has 39 heavy (non-hydrogen) atoms. The van der Waals surface area contributed by atoms with Crippen molar-refractivity contribution in [3.8, 4) is 0 Å². The molecule has 0 radical (unpaired) electrons. The molecule has 1 aliphatic rings. The van der Waals surface area contributed by atoms with Crippen LogP contribution in [0.1, 0.15) is 25.0 Å². The Balaban J connectivity index is 1.40. The van der Waals surface area contributed by atoms with Gasteiger partial charge in [0.15, 0.2) is 0 Å². The fraction of sp³-hybridized carbons (Fsp3) is 0.500. The van der Waals surface area contributed by atoms with Gasteiger partial charge in [0.05, 0.1) is 19.0 Å². The van der Waals surface area contributed by atoms with Gasteiger partial charge in [-0.05, 0) is 23.5 Å². The largest absolute Gasteiger partial charge is 0.445 e. The Labute approximate surface area is 231 Å². The molecule has 0 unspecified atom stereocenters. The van der Waals surface area contributed by atoms with Crippen molar-refractivity contribution in [3.05, 3.63) is 71.8 Å². The van der Waals surface area contributed by atoms with E-state index in [1.54, 1.807) is 4.90 Å². The minimum Gasteiger partial charge on any atom is -0.445 e. The highest BCUT2D eigenvalue weighted by molar-refractivity contribution is 7.89. The number of benzene rings is 2. The van der Waals surface area contributed by atoms with Gasteiger partial charge in [0.2, 0.25) is 15.9 Å². The fourth-order valence-corrected chi connectivity index (χ4v) is 5.60. The van der Waals surface area contributed by atoms with Gasteiger partial charge in [-0.2, -0.15) is 4.31 Å². The summed E-state index contributed by atoms with van der Waals surface area (Å²) in [5, 5.41) is 2.67. The summed E-state index contributed by atoms with van der Waals surface area (Å²) in [5.41, 5.74) is 8.05. The number of sulfonamides is 1. The summed E-state index contributed by atoms with van der Waals surface area (Å²) in [7, 11) is -3.54. The van der Waals surface area contributed by atoms with Crippen molar-refractivity contribution in [3.63, 3.8) is 0 Å². The van der Waals surface area contributed by atoms with E-state index in [0.717, 1.165) is 11.1 Å². The number of hydrogen-bond acceptors (Lipinski definition) is 7. The van der Waals surface area contributed by atoms with E-state index in [1.165, 1.54) is 4.31 Å². The Kier molecular flexibility index (Phi) is 11.7. The summed E-state index contributed by atoms with van der Waals surface area (Å²) in [6, 6.07) is 18.1. The molecule has 3 rings (SSSR count).